The maximum absolute atomic E-state index is 13.5. The number of para-hydroxylation sites is 1. The summed E-state index contributed by atoms with van der Waals surface area (Å²) in [6.07, 6.45) is 0. The van der Waals surface area contributed by atoms with E-state index >= 15 is 0 Å². The molecule has 2 aromatic rings. The molecule has 0 aliphatic heterocycles. The Morgan fingerprint density at radius 2 is 1.84 bits per heavy atom. The Morgan fingerprint density at radius 1 is 1.05 bits per heavy atom. The van der Waals surface area contributed by atoms with E-state index < -0.39 is 0 Å². The first-order valence-electron chi connectivity index (χ1n) is 5.94. The second-order valence-corrected chi connectivity index (χ2v) is 4.01. The van der Waals surface area contributed by atoms with Crippen LogP contribution in [0.3, 0.4) is 0 Å². The second-order valence-electron chi connectivity index (χ2n) is 4.01. The largest absolute Gasteiger partial charge is 0.497 e. The van der Waals surface area contributed by atoms with Crippen LogP contribution in [0.5, 0.6) is 11.5 Å². The molecule has 0 aromatic heterocycles. The summed E-state index contributed by atoms with van der Waals surface area (Å²) in [5.41, 5.74) is 1.37. The van der Waals surface area contributed by atoms with Crippen molar-refractivity contribution in [2.75, 3.05) is 19.5 Å². The molecule has 3 nitrogen and oxygen atoms in total. The zero-order chi connectivity index (χ0) is 13.7. The Kier molecular flexibility index (Phi) is 4.23. The maximum Gasteiger partial charge on any atom is 0.146 e. The van der Waals surface area contributed by atoms with Crippen molar-refractivity contribution in [2.24, 2.45) is 0 Å². The van der Waals surface area contributed by atoms with E-state index in [0.717, 1.165) is 17.1 Å². The molecule has 0 atom stereocenters. The third kappa shape index (κ3) is 3.16. The molecule has 100 valence electrons. The van der Waals surface area contributed by atoms with Crippen LogP contribution in [0.25, 0.3) is 0 Å². The lowest BCUT2D eigenvalue weighted by atomic mass is 10.2. The van der Waals surface area contributed by atoms with Gasteiger partial charge in [-0.1, -0.05) is 12.1 Å². The normalized spacial score (nSPS) is 10.1. The van der Waals surface area contributed by atoms with Crippen LogP contribution < -0.4 is 14.8 Å². The molecule has 0 amide bonds. The summed E-state index contributed by atoms with van der Waals surface area (Å²) in [6.45, 7) is 0.460. The summed E-state index contributed by atoms with van der Waals surface area (Å²) in [4.78, 5) is 0. The van der Waals surface area contributed by atoms with Crippen molar-refractivity contribution in [1.82, 2.24) is 0 Å². The van der Waals surface area contributed by atoms with Gasteiger partial charge in [0, 0.05) is 12.1 Å². The SMILES string of the molecule is COc1ccc(OC)c(CNc2ccccc2F)c1. The van der Waals surface area contributed by atoms with Gasteiger partial charge in [0.2, 0.25) is 0 Å². The van der Waals surface area contributed by atoms with Crippen LogP contribution in [0, 0.1) is 5.82 Å². The number of anilines is 1. The molecule has 0 fully saturated rings. The van der Waals surface area contributed by atoms with Crippen LogP contribution in [-0.4, -0.2) is 14.2 Å². The lowest BCUT2D eigenvalue weighted by Crippen LogP contribution is -2.03. The minimum Gasteiger partial charge on any atom is -0.497 e. The minimum atomic E-state index is -0.274. The molecule has 0 heterocycles. The van der Waals surface area contributed by atoms with Crippen molar-refractivity contribution < 1.29 is 13.9 Å². The highest BCUT2D eigenvalue weighted by molar-refractivity contribution is 5.47. The summed E-state index contributed by atoms with van der Waals surface area (Å²) < 4.78 is 23.9. The fourth-order valence-electron chi connectivity index (χ4n) is 1.82. The molecule has 0 spiro atoms. The predicted molar refractivity (Wildman–Crippen MR) is 73.3 cm³/mol. The van der Waals surface area contributed by atoms with E-state index in [1.54, 1.807) is 32.4 Å². The van der Waals surface area contributed by atoms with Crippen molar-refractivity contribution in [3.05, 3.63) is 53.8 Å². The number of nitrogens with one attached hydrogen (secondary N) is 1. The third-order valence-corrected chi connectivity index (χ3v) is 2.83. The Hall–Kier alpha value is -2.23. The van der Waals surface area contributed by atoms with Crippen molar-refractivity contribution in [3.63, 3.8) is 0 Å². The molecular formula is C15H16FNO2. The lowest BCUT2D eigenvalue weighted by molar-refractivity contribution is 0.399. The first-order chi connectivity index (χ1) is 9.24. The van der Waals surface area contributed by atoms with E-state index in [4.69, 9.17) is 9.47 Å². The Balaban J connectivity index is 2.16. The van der Waals surface area contributed by atoms with Crippen LogP contribution >= 0.6 is 0 Å². The monoisotopic (exact) mass is 261 g/mol. The maximum atomic E-state index is 13.5. The minimum absolute atomic E-state index is 0.274. The Labute approximate surface area is 112 Å². The predicted octanol–water partition coefficient (Wildman–Crippen LogP) is 3.46. The molecule has 0 saturated heterocycles. The highest BCUT2D eigenvalue weighted by atomic mass is 19.1. The van der Waals surface area contributed by atoms with Gasteiger partial charge in [0.25, 0.3) is 0 Å². The number of hydrogen-bond acceptors (Lipinski definition) is 3. The fourth-order valence-corrected chi connectivity index (χ4v) is 1.82. The average Bonchev–Trinajstić information content (AvgIpc) is 2.46. The molecular weight excluding hydrogens is 245 g/mol. The first kappa shape index (κ1) is 13.2. The van der Waals surface area contributed by atoms with Gasteiger partial charge in [-0.3, -0.25) is 0 Å². The van der Waals surface area contributed by atoms with Gasteiger partial charge in [0.15, 0.2) is 0 Å². The molecule has 0 aliphatic carbocycles. The van der Waals surface area contributed by atoms with Crippen LogP contribution in [0.1, 0.15) is 5.56 Å². The Bertz CT molecular complexity index is 558. The van der Waals surface area contributed by atoms with E-state index in [1.807, 2.05) is 18.2 Å². The van der Waals surface area contributed by atoms with E-state index in [0.29, 0.717) is 12.2 Å². The molecule has 2 rings (SSSR count). The number of rotatable bonds is 5. The summed E-state index contributed by atoms with van der Waals surface area (Å²) in [6, 6.07) is 12.1. The third-order valence-electron chi connectivity index (χ3n) is 2.83. The number of halogens is 1. The molecule has 0 radical (unpaired) electrons. The zero-order valence-electron chi connectivity index (χ0n) is 10.9. The molecule has 4 heteroatoms. The number of benzene rings is 2. The summed E-state index contributed by atoms with van der Waals surface area (Å²) in [5.74, 6) is 1.21. The molecule has 1 N–H and O–H groups in total. The fraction of sp³-hybridized carbons (Fsp3) is 0.200. The number of ether oxygens (including phenoxy) is 2. The van der Waals surface area contributed by atoms with Gasteiger partial charge in [0.05, 0.1) is 19.9 Å². The molecule has 0 saturated carbocycles. The van der Waals surface area contributed by atoms with E-state index in [1.165, 1.54) is 6.07 Å². The Morgan fingerprint density at radius 3 is 2.53 bits per heavy atom. The van der Waals surface area contributed by atoms with Gasteiger partial charge in [0.1, 0.15) is 17.3 Å². The van der Waals surface area contributed by atoms with Crippen LogP contribution in [0.15, 0.2) is 42.5 Å². The van der Waals surface area contributed by atoms with Crippen molar-refractivity contribution >= 4 is 5.69 Å². The summed E-state index contributed by atoms with van der Waals surface area (Å²) in [7, 11) is 3.21. The highest BCUT2D eigenvalue weighted by Gasteiger charge is 2.06. The summed E-state index contributed by atoms with van der Waals surface area (Å²) in [5, 5.41) is 3.04. The van der Waals surface area contributed by atoms with Crippen molar-refractivity contribution in [1.29, 1.82) is 0 Å². The lowest BCUT2D eigenvalue weighted by Gasteiger charge is -2.12. The van der Waals surface area contributed by atoms with Crippen molar-refractivity contribution in [2.45, 2.75) is 6.54 Å². The molecule has 0 bridgehead atoms. The molecule has 0 aliphatic rings. The molecule has 2 aromatic carbocycles. The van der Waals surface area contributed by atoms with Gasteiger partial charge in [-0.25, -0.2) is 4.39 Å². The zero-order valence-corrected chi connectivity index (χ0v) is 10.9. The van der Waals surface area contributed by atoms with Crippen molar-refractivity contribution in [3.8, 4) is 11.5 Å². The van der Waals surface area contributed by atoms with Gasteiger partial charge < -0.3 is 14.8 Å². The number of hydrogen-bond donors (Lipinski definition) is 1. The highest BCUT2D eigenvalue weighted by Crippen LogP contribution is 2.25. The molecule has 19 heavy (non-hydrogen) atoms. The van der Waals surface area contributed by atoms with Crippen LogP contribution in [0.2, 0.25) is 0 Å². The standard InChI is InChI=1S/C15H16FNO2/c1-18-12-7-8-15(19-2)11(9-12)10-17-14-6-4-3-5-13(14)16/h3-9,17H,10H2,1-2H3. The second kappa shape index (κ2) is 6.09. The van der Waals surface area contributed by atoms with Gasteiger partial charge >= 0.3 is 0 Å². The van der Waals surface area contributed by atoms with Crippen LogP contribution in [0.4, 0.5) is 10.1 Å². The van der Waals surface area contributed by atoms with E-state index in [2.05, 4.69) is 5.32 Å². The average molecular weight is 261 g/mol. The van der Waals surface area contributed by atoms with E-state index in [-0.39, 0.29) is 5.82 Å². The molecule has 0 unspecified atom stereocenters. The smallest absolute Gasteiger partial charge is 0.146 e. The van der Waals surface area contributed by atoms with E-state index in [9.17, 15) is 4.39 Å². The topological polar surface area (TPSA) is 30.5 Å². The first-order valence-corrected chi connectivity index (χ1v) is 5.94. The van der Waals surface area contributed by atoms with Gasteiger partial charge in [-0.15, -0.1) is 0 Å². The summed E-state index contributed by atoms with van der Waals surface area (Å²) >= 11 is 0. The quantitative estimate of drug-likeness (QED) is 0.894. The van der Waals surface area contributed by atoms with Crippen LogP contribution in [-0.2, 0) is 6.54 Å². The van der Waals surface area contributed by atoms with Gasteiger partial charge in [-0.2, -0.15) is 0 Å². The number of methoxy groups -OCH3 is 2. The van der Waals surface area contributed by atoms with Gasteiger partial charge in [-0.05, 0) is 30.3 Å².